The smallest absolute Gasteiger partial charge is 0.313 e. The van der Waals surface area contributed by atoms with Gasteiger partial charge in [0.15, 0.2) is 5.60 Å². The summed E-state index contributed by atoms with van der Waals surface area (Å²) >= 11 is 0. The van der Waals surface area contributed by atoms with Crippen LogP contribution in [0.15, 0.2) is 18.2 Å². The lowest BCUT2D eigenvalue weighted by atomic mass is 9.98. The summed E-state index contributed by atoms with van der Waals surface area (Å²) in [5, 5.41) is 0. The van der Waals surface area contributed by atoms with Gasteiger partial charge in [0.1, 0.15) is 12.4 Å². The van der Waals surface area contributed by atoms with E-state index in [2.05, 4.69) is 0 Å². The molecule has 114 valence electrons. The summed E-state index contributed by atoms with van der Waals surface area (Å²) in [6, 6.07) is 5.57. The second-order valence-electron chi connectivity index (χ2n) is 5.64. The highest BCUT2D eigenvalue weighted by Crippen LogP contribution is 2.44. The van der Waals surface area contributed by atoms with Gasteiger partial charge in [-0.1, -0.05) is 26.0 Å². The Kier molecular flexibility index (Phi) is 4.32. The largest absolute Gasteiger partial charge is 0.462 e. The number of rotatable bonds is 5. The van der Waals surface area contributed by atoms with Gasteiger partial charge in [0.2, 0.25) is 0 Å². The number of carbonyl (C=O) groups excluding carboxylic acids is 2. The van der Waals surface area contributed by atoms with Crippen LogP contribution < -0.4 is 4.74 Å². The monoisotopic (exact) mass is 292 g/mol. The van der Waals surface area contributed by atoms with Crippen LogP contribution in [0.4, 0.5) is 0 Å². The summed E-state index contributed by atoms with van der Waals surface area (Å²) in [5.41, 5.74) is 1.03. The van der Waals surface area contributed by atoms with Gasteiger partial charge >= 0.3 is 11.9 Å². The molecule has 0 bridgehead atoms. The first-order chi connectivity index (χ1) is 9.84. The lowest BCUT2D eigenvalue weighted by Gasteiger charge is -2.17. The van der Waals surface area contributed by atoms with E-state index in [1.165, 1.54) is 6.92 Å². The highest BCUT2D eigenvalue weighted by molar-refractivity contribution is 5.75. The summed E-state index contributed by atoms with van der Waals surface area (Å²) < 4.78 is 16.0. The van der Waals surface area contributed by atoms with Crippen LogP contribution in [0, 0.1) is 12.8 Å². The minimum atomic E-state index is -0.689. The lowest BCUT2D eigenvalue weighted by Crippen LogP contribution is -2.22. The van der Waals surface area contributed by atoms with E-state index in [1.54, 1.807) is 19.9 Å². The Labute approximate surface area is 124 Å². The third-order valence-corrected chi connectivity index (χ3v) is 3.31. The highest BCUT2D eigenvalue weighted by Gasteiger charge is 2.50. The van der Waals surface area contributed by atoms with Gasteiger partial charge in [0, 0.05) is 12.5 Å². The maximum absolute atomic E-state index is 11.8. The van der Waals surface area contributed by atoms with Gasteiger partial charge in [-0.05, 0) is 18.6 Å². The number of ether oxygens (including phenoxy) is 3. The molecule has 2 rings (SSSR count). The number of carbonyl (C=O) groups is 2. The first-order valence-electron chi connectivity index (χ1n) is 6.94. The maximum atomic E-state index is 11.8. The summed E-state index contributed by atoms with van der Waals surface area (Å²) in [4.78, 5) is 22.8. The molecule has 1 aromatic rings. The van der Waals surface area contributed by atoms with Crippen LogP contribution >= 0.6 is 0 Å². The SMILES string of the molecule is CC(=O)OC[C@@]1(c2ccc(C)cc2OC(=O)C(C)C)CO1. The zero-order chi connectivity index (χ0) is 15.6. The number of benzene rings is 1. The van der Waals surface area contributed by atoms with Crippen molar-refractivity contribution in [3.63, 3.8) is 0 Å². The molecule has 0 aromatic heterocycles. The predicted molar refractivity (Wildman–Crippen MR) is 75.9 cm³/mol. The minimum Gasteiger partial charge on any atom is -0.462 e. The average molecular weight is 292 g/mol. The quantitative estimate of drug-likeness (QED) is 0.473. The predicted octanol–water partition coefficient (Wildman–Crippen LogP) is 2.35. The Bertz CT molecular complexity index is 558. The molecule has 0 radical (unpaired) electrons. The van der Waals surface area contributed by atoms with Crippen molar-refractivity contribution in [1.82, 2.24) is 0 Å². The Morgan fingerprint density at radius 1 is 1.38 bits per heavy atom. The number of aryl methyl sites for hydroxylation is 1. The number of esters is 2. The molecule has 5 nitrogen and oxygen atoms in total. The van der Waals surface area contributed by atoms with Crippen molar-refractivity contribution in [2.24, 2.45) is 5.92 Å². The molecule has 0 spiro atoms. The molecule has 21 heavy (non-hydrogen) atoms. The second kappa shape index (κ2) is 5.85. The molecule has 0 aliphatic carbocycles. The molecule has 1 aliphatic heterocycles. The van der Waals surface area contributed by atoms with Gasteiger partial charge in [-0.25, -0.2) is 0 Å². The third-order valence-electron chi connectivity index (χ3n) is 3.31. The van der Waals surface area contributed by atoms with E-state index in [1.807, 2.05) is 19.1 Å². The highest BCUT2D eigenvalue weighted by atomic mass is 16.6. The van der Waals surface area contributed by atoms with E-state index in [4.69, 9.17) is 14.2 Å². The molecule has 0 N–H and O–H groups in total. The Hall–Kier alpha value is -1.88. The summed E-state index contributed by atoms with van der Waals surface area (Å²) in [7, 11) is 0. The average Bonchev–Trinajstić information content (AvgIpc) is 3.17. The zero-order valence-corrected chi connectivity index (χ0v) is 12.8. The van der Waals surface area contributed by atoms with E-state index >= 15 is 0 Å². The van der Waals surface area contributed by atoms with Crippen LogP contribution in [0.1, 0.15) is 31.9 Å². The van der Waals surface area contributed by atoms with Gasteiger partial charge in [-0.15, -0.1) is 0 Å². The molecular formula is C16H20O5. The molecule has 1 fully saturated rings. The van der Waals surface area contributed by atoms with Gasteiger partial charge in [-0.2, -0.15) is 0 Å². The normalized spacial score (nSPS) is 20.2. The molecule has 0 saturated carbocycles. The van der Waals surface area contributed by atoms with Gasteiger partial charge in [0.05, 0.1) is 12.5 Å². The number of hydrogen-bond acceptors (Lipinski definition) is 5. The fourth-order valence-corrected chi connectivity index (χ4v) is 1.94. The van der Waals surface area contributed by atoms with Crippen molar-refractivity contribution >= 4 is 11.9 Å². The molecule has 1 aliphatic rings. The van der Waals surface area contributed by atoms with E-state index in [0.29, 0.717) is 12.4 Å². The van der Waals surface area contributed by atoms with Crippen molar-refractivity contribution < 1.29 is 23.8 Å². The molecule has 1 aromatic carbocycles. The Morgan fingerprint density at radius 3 is 2.57 bits per heavy atom. The maximum Gasteiger partial charge on any atom is 0.313 e. The van der Waals surface area contributed by atoms with Crippen LogP contribution in [0.2, 0.25) is 0 Å². The fraction of sp³-hybridized carbons (Fsp3) is 0.500. The molecule has 5 heteroatoms. The topological polar surface area (TPSA) is 65.1 Å². The Morgan fingerprint density at radius 2 is 2.05 bits per heavy atom. The van der Waals surface area contributed by atoms with E-state index in [9.17, 15) is 9.59 Å². The molecular weight excluding hydrogens is 272 g/mol. The lowest BCUT2D eigenvalue weighted by molar-refractivity contribution is -0.143. The fourth-order valence-electron chi connectivity index (χ4n) is 1.94. The molecule has 1 saturated heterocycles. The van der Waals surface area contributed by atoms with Crippen LogP contribution in [-0.2, 0) is 24.7 Å². The molecule has 1 heterocycles. The van der Waals surface area contributed by atoms with E-state index < -0.39 is 5.60 Å². The minimum absolute atomic E-state index is 0.123. The van der Waals surface area contributed by atoms with Crippen LogP contribution in [-0.4, -0.2) is 25.2 Å². The molecule has 0 amide bonds. The summed E-state index contributed by atoms with van der Waals surface area (Å²) in [6.45, 7) is 7.39. The van der Waals surface area contributed by atoms with Crippen molar-refractivity contribution in [3.05, 3.63) is 29.3 Å². The van der Waals surface area contributed by atoms with Gasteiger partial charge < -0.3 is 14.2 Å². The van der Waals surface area contributed by atoms with Crippen molar-refractivity contribution in [1.29, 1.82) is 0 Å². The number of epoxide rings is 1. The Balaban J connectivity index is 2.27. The summed E-state index contributed by atoms with van der Waals surface area (Å²) in [6.07, 6.45) is 0. The van der Waals surface area contributed by atoms with Crippen LogP contribution in [0.25, 0.3) is 0 Å². The zero-order valence-electron chi connectivity index (χ0n) is 12.8. The van der Waals surface area contributed by atoms with Crippen molar-refractivity contribution in [3.8, 4) is 5.75 Å². The first-order valence-corrected chi connectivity index (χ1v) is 6.94. The van der Waals surface area contributed by atoms with Crippen LogP contribution in [0.5, 0.6) is 5.75 Å². The molecule has 0 unspecified atom stereocenters. The molecule has 1 atom stereocenters. The van der Waals surface area contributed by atoms with Crippen LogP contribution in [0.3, 0.4) is 0 Å². The summed E-state index contributed by atoms with van der Waals surface area (Å²) in [5.74, 6) is -0.413. The van der Waals surface area contributed by atoms with Gasteiger partial charge in [-0.3, -0.25) is 9.59 Å². The first kappa shape index (κ1) is 15.5. The van der Waals surface area contributed by atoms with E-state index in [0.717, 1.165) is 11.1 Å². The number of hydrogen-bond donors (Lipinski definition) is 0. The van der Waals surface area contributed by atoms with E-state index in [-0.39, 0.29) is 24.5 Å². The van der Waals surface area contributed by atoms with Crippen molar-refractivity contribution in [2.45, 2.75) is 33.3 Å². The van der Waals surface area contributed by atoms with Crippen molar-refractivity contribution in [2.75, 3.05) is 13.2 Å². The standard InChI is InChI=1S/C16H20O5/c1-10(2)15(18)21-14-7-11(3)5-6-13(14)16(9-20-16)8-19-12(4)17/h5-7,10H,8-9H2,1-4H3/t16-/m0/s1. The van der Waals surface area contributed by atoms with Gasteiger partial charge in [0.25, 0.3) is 0 Å². The second-order valence-corrected chi connectivity index (χ2v) is 5.64. The third kappa shape index (κ3) is 3.61.